The SMILES string of the molecule is COc1ccc(C2CCC(CC(=O)O)CC2)cc1Cl. The van der Waals surface area contributed by atoms with Crippen LogP contribution in [0, 0.1) is 5.92 Å². The van der Waals surface area contributed by atoms with E-state index in [9.17, 15) is 4.79 Å². The molecule has 0 aliphatic heterocycles. The molecule has 1 aromatic rings. The molecular weight excluding hydrogens is 264 g/mol. The van der Waals surface area contributed by atoms with Gasteiger partial charge in [-0.15, -0.1) is 0 Å². The lowest BCUT2D eigenvalue weighted by Crippen LogP contribution is -2.16. The summed E-state index contributed by atoms with van der Waals surface area (Å²) in [6, 6.07) is 5.94. The predicted octanol–water partition coefficient (Wildman–Crippen LogP) is 4.10. The first-order valence-electron chi connectivity index (χ1n) is 6.65. The molecule has 0 aromatic heterocycles. The molecule has 1 aromatic carbocycles. The average Bonchev–Trinajstić information content (AvgIpc) is 2.39. The molecule has 2 rings (SSSR count). The van der Waals surface area contributed by atoms with Crippen molar-refractivity contribution in [1.29, 1.82) is 0 Å². The highest BCUT2D eigenvalue weighted by molar-refractivity contribution is 6.32. The van der Waals surface area contributed by atoms with Gasteiger partial charge in [0, 0.05) is 6.42 Å². The van der Waals surface area contributed by atoms with Gasteiger partial charge in [-0.2, -0.15) is 0 Å². The van der Waals surface area contributed by atoms with E-state index in [0.717, 1.165) is 25.7 Å². The average molecular weight is 283 g/mol. The maximum atomic E-state index is 10.7. The number of benzene rings is 1. The second-order valence-corrected chi connectivity index (χ2v) is 5.62. The molecule has 3 nitrogen and oxygen atoms in total. The van der Waals surface area contributed by atoms with Crippen LogP contribution in [0.1, 0.15) is 43.6 Å². The van der Waals surface area contributed by atoms with Crippen molar-refractivity contribution in [2.75, 3.05) is 7.11 Å². The Morgan fingerprint density at radius 2 is 2.05 bits per heavy atom. The van der Waals surface area contributed by atoms with Crippen LogP contribution in [0.15, 0.2) is 18.2 Å². The fraction of sp³-hybridized carbons (Fsp3) is 0.533. The van der Waals surface area contributed by atoms with Crippen molar-refractivity contribution >= 4 is 17.6 Å². The number of hydrogen-bond donors (Lipinski definition) is 1. The van der Waals surface area contributed by atoms with Gasteiger partial charge in [0.2, 0.25) is 0 Å². The standard InChI is InChI=1S/C15H19ClO3/c1-19-14-7-6-12(9-13(14)16)11-4-2-10(3-5-11)8-15(17)18/h6-7,9-11H,2-5,8H2,1H3,(H,17,18). The van der Waals surface area contributed by atoms with Gasteiger partial charge in [-0.05, 0) is 55.2 Å². The van der Waals surface area contributed by atoms with Gasteiger partial charge in [0.15, 0.2) is 0 Å². The first-order valence-corrected chi connectivity index (χ1v) is 7.03. The van der Waals surface area contributed by atoms with Crippen molar-refractivity contribution in [3.8, 4) is 5.75 Å². The quantitative estimate of drug-likeness (QED) is 0.904. The van der Waals surface area contributed by atoms with Gasteiger partial charge < -0.3 is 9.84 Å². The third kappa shape index (κ3) is 3.63. The van der Waals surface area contributed by atoms with Crippen molar-refractivity contribution in [1.82, 2.24) is 0 Å². The van der Waals surface area contributed by atoms with Crippen LogP contribution in [-0.2, 0) is 4.79 Å². The molecule has 0 atom stereocenters. The van der Waals surface area contributed by atoms with E-state index in [1.54, 1.807) is 7.11 Å². The molecule has 1 fully saturated rings. The van der Waals surface area contributed by atoms with Gasteiger partial charge in [-0.25, -0.2) is 0 Å². The summed E-state index contributed by atoms with van der Waals surface area (Å²) in [6.45, 7) is 0. The fourth-order valence-electron chi connectivity index (χ4n) is 2.88. The molecule has 0 radical (unpaired) electrons. The molecule has 1 aliphatic rings. The van der Waals surface area contributed by atoms with Crippen molar-refractivity contribution in [2.45, 2.75) is 38.0 Å². The van der Waals surface area contributed by atoms with E-state index in [-0.39, 0.29) is 0 Å². The number of carboxylic acids is 1. The van der Waals surface area contributed by atoms with Crippen molar-refractivity contribution in [2.24, 2.45) is 5.92 Å². The monoisotopic (exact) mass is 282 g/mol. The Hall–Kier alpha value is -1.22. The van der Waals surface area contributed by atoms with Gasteiger partial charge >= 0.3 is 5.97 Å². The molecule has 0 spiro atoms. The highest BCUT2D eigenvalue weighted by Gasteiger charge is 2.24. The zero-order valence-electron chi connectivity index (χ0n) is 11.1. The van der Waals surface area contributed by atoms with E-state index in [1.807, 2.05) is 12.1 Å². The lowest BCUT2D eigenvalue weighted by Gasteiger charge is -2.28. The Morgan fingerprint density at radius 3 is 2.58 bits per heavy atom. The van der Waals surface area contributed by atoms with Crippen LogP contribution in [0.2, 0.25) is 5.02 Å². The van der Waals surface area contributed by atoms with Crippen LogP contribution >= 0.6 is 11.6 Å². The molecule has 0 bridgehead atoms. The van der Waals surface area contributed by atoms with Crippen LogP contribution < -0.4 is 4.74 Å². The first kappa shape index (κ1) is 14.2. The summed E-state index contributed by atoms with van der Waals surface area (Å²) in [5, 5.41) is 9.46. The zero-order chi connectivity index (χ0) is 13.8. The van der Waals surface area contributed by atoms with Gasteiger partial charge in [-0.1, -0.05) is 17.7 Å². The maximum Gasteiger partial charge on any atom is 0.303 e. The third-order valence-electron chi connectivity index (χ3n) is 3.96. The molecule has 0 unspecified atom stereocenters. The predicted molar refractivity (Wildman–Crippen MR) is 75.0 cm³/mol. The molecule has 4 heteroatoms. The highest BCUT2D eigenvalue weighted by atomic mass is 35.5. The van der Waals surface area contributed by atoms with E-state index in [2.05, 4.69) is 6.07 Å². The van der Waals surface area contributed by atoms with Crippen LogP contribution in [0.3, 0.4) is 0 Å². The molecule has 1 aliphatic carbocycles. The Morgan fingerprint density at radius 1 is 1.37 bits per heavy atom. The van der Waals surface area contributed by atoms with Crippen molar-refractivity contribution in [3.05, 3.63) is 28.8 Å². The van der Waals surface area contributed by atoms with Gasteiger partial charge in [0.25, 0.3) is 0 Å². The second-order valence-electron chi connectivity index (χ2n) is 5.21. The number of aliphatic carboxylic acids is 1. The number of methoxy groups -OCH3 is 1. The van der Waals surface area contributed by atoms with Crippen LogP contribution in [0.25, 0.3) is 0 Å². The number of rotatable bonds is 4. The maximum absolute atomic E-state index is 10.7. The van der Waals surface area contributed by atoms with Crippen LogP contribution in [0.5, 0.6) is 5.75 Å². The van der Waals surface area contributed by atoms with E-state index >= 15 is 0 Å². The number of hydrogen-bond acceptors (Lipinski definition) is 2. The molecule has 0 heterocycles. The summed E-state index contributed by atoms with van der Waals surface area (Å²) < 4.78 is 5.15. The van der Waals surface area contributed by atoms with E-state index in [0.29, 0.717) is 29.0 Å². The first-order chi connectivity index (χ1) is 9.10. The topological polar surface area (TPSA) is 46.5 Å². The van der Waals surface area contributed by atoms with Gasteiger partial charge in [0.1, 0.15) is 5.75 Å². The summed E-state index contributed by atoms with van der Waals surface area (Å²) in [5.41, 5.74) is 1.24. The van der Waals surface area contributed by atoms with Crippen LogP contribution in [-0.4, -0.2) is 18.2 Å². The smallest absolute Gasteiger partial charge is 0.303 e. The largest absolute Gasteiger partial charge is 0.495 e. The number of carbonyl (C=O) groups is 1. The Labute approximate surface area is 118 Å². The summed E-state index contributed by atoms with van der Waals surface area (Å²) >= 11 is 6.14. The molecule has 1 N–H and O–H groups in total. The minimum atomic E-state index is -0.684. The normalized spacial score (nSPS) is 23.1. The molecule has 1 saturated carbocycles. The Balaban J connectivity index is 1.97. The second kappa shape index (κ2) is 6.29. The van der Waals surface area contributed by atoms with E-state index in [4.69, 9.17) is 21.4 Å². The molecule has 0 saturated heterocycles. The van der Waals surface area contributed by atoms with E-state index < -0.39 is 5.97 Å². The molecule has 104 valence electrons. The minimum Gasteiger partial charge on any atom is -0.495 e. The summed E-state index contributed by atoms with van der Waals surface area (Å²) in [5.74, 6) is 0.844. The zero-order valence-corrected chi connectivity index (χ0v) is 11.8. The van der Waals surface area contributed by atoms with Gasteiger partial charge in [0.05, 0.1) is 12.1 Å². The summed E-state index contributed by atoms with van der Waals surface area (Å²) in [7, 11) is 1.61. The molecule has 19 heavy (non-hydrogen) atoms. The molecule has 0 amide bonds. The van der Waals surface area contributed by atoms with Crippen molar-refractivity contribution in [3.63, 3.8) is 0 Å². The Kier molecular flexibility index (Phi) is 4.70. The number of halogens is 1. The van der Waals surface area contributed by atoms with E-state index in [1.165, 1.54) is 5.56 Å². The van der Waals surface area contributed by atoms with Crippen molar-refractivity contribution < 1.29 is 14.6 Å². The van der Waals surface area contributed by atoms with Crippen LogP contribution in [0.4, 0.5) is 0 Å². The highest BCUT2D eigenvalue weighted by Crippen LogP contribution is 2.39. The lowest BCUT2D eigenvalue weighted by atomic mass is 9.77. The Bertz CT molecular complexity index is 451. The fourth-order valence-corrected chi connectivity index (χ4v) is 3.15. The minimum absolute atomic E-state index is 0.302. The lowest BCUT2D eigenvalue weighted by molar-refractivity contribution is -0.138. The number of carboxylic acid groups (broad SMARTS) is 1. The number of ether oxygens (including phenoxy) is 1. The summed E-state index contributed by atoms with van der Waals surface area (Å²) in [4.78, 5) is 10.7. The summed E-state index contributed by atoms with van der Waals surface area (Å²) in [6.07, 6.45) is 4.36. The third-order valence-corrected chi connectivity index (χ3v) is 4.25. The van der Waals surface area contributed by atoms with Gasteiger partial charge in [-0.3, -0.25) is 4.79 Å². The molecular formula is C15H19ClO3.